The molecule has 0 atom stereocenters. The van der Waals surface area contributed by atoms with Crippen LogP contribution in [0.1, 0.15) is 5.56 Å². The highest BCUT2D eigenvalue weighted by molar-refractivity contribution is 6.18. The van der Waals surface area contributed by atoms with E-state index >= 15 is 0 Å². The van der Waals surface area contributed by atoms with Crippen LogP contribution in [0.3, 0.4) is 0 Å². The summed E-state index contributed by atoms with van der Waals surface area (Å²) in [6.07, 6.45) is 0. The van der Waals surface area contributed by atoms with Crippen molar-refractivity contribution < 1.29 is 0 Å². The van der Waals surface area contributed by atoms with Crippen molar-refractivity contribution in [1.82, 2.24) is 0 Å². The molecular weight excluding hydrogens is 317 g/mol. The molecule has 2 aromatic rings. The Morgan fingerprint density at radius 1 is 0.864 bits per heavy atom. The number of alkyl halides is 2. The molecule has 22 heavy (non-hydrogen) atoms. The van der Waals surface area contributed by atoms with Crippen molar-refractivity contribution in [2.24, 2.45) is 10.2 Å². The fourth-order valence-corrected chi connectivity index (χ4v) is 2.50. The van der Waals surface area contributed by atoms with Gasteiger partial charge in [-0.3, -0.25) is 0 Å². The second kappa shape index (κ2) is 8.76. The summed E-state index contributed by atoms with van der Waals surface area (Å²) in [4.78, 5) is 2.16. The van der Waals surface area contributed by atoms with Crippen molar-refractivity contribution in [3.63, 3.8) is 0 Å². The van der Waals surface area contributed by atoms with E-state index in [-0.39, 0.29) is 0 Å². The van der Waals surface area contributed by atoms with Crippen LogP contribution in [0.2, 0.25) is 0 Å². The Balaban J connectivity index is 2.10. The third kappa shape index (κ3) is 4.72. The molecule has 0 heterocycles. The Labute approximate surface area is 141 Å². The quantitative estimate of drug-likeness (QED) is 0.471. The molecule has 0 aliphatic carbocycles. The molecule has 116 valence electrons. The number of rotatable bonds is 7. The Hall–Kier alpha value is -1.58. The minimum atomic E-state index is 0.575. The lowest BCUT2D eigenvalue weighted by Gasteiger charge is -2.22. The van der Waals surface area contributed by atoms with Crippen LogP contribution in [0.4, 0.5) is 17.1 Å². The molecule has 0 saturated carbocycles. The Kier molecular flexibility index (Phi) is 6.69. The van der Waals surface area contributed by atoms with Crippen LogP contribution in [-0.4, -0.2) is 24.8 Å². The zero-order chi connectivity index (χ0) is 15.8. The third-order valence-electron chi connectivity index (χ3n) is 3.31. The topological polar surface area (TPSA) is 28.0 Å². The van der Waals surface area contributed by atoms with Gasteiger partial charge < -0.3 is 4.90 Å². The molecule has 2 aromatic carbocycles. The van der Waals surface area contributed by atoms with Crippen molar-refractivity contribution >= 4 is 40.3 Å². The minimum Gasteiger partial charge on any atom is -0.369 e. The summed E-state index contributed by atoms with van der Waals surface area (Å²) >= 11 is 11.7. The van der Waals surface area contributed by atoms with Gasteiger partial charge in [0.2, 0.25) is 0 Å². The standard InChI is InChI=1S/C17H19Cl2N3/c1-14-4-2-3-5-17(14)21-20-15-6-8-16(9-7-15)22(12-10-18)13-11-19/h2-9H,10-13H2,1H3. The van der Waals surface area contributed by atoms with E-state index in [9.17, 15) is 0 Å². The number of halogens is 2. The van der Waals surface area contributed by atoms with E-state index < -0.39 is 0 Å². The molecule has 0 aliphatic heterocycles. The first-order chi connectivity index (χ1) is 10.7. The molecule has 0 aliphatic rings. The number of anilines is 1. The van der Waals surface area contributed by atoms with Gasteiger partial charge in [-0.25, -0.2) is 0 Å². The molecule has 0 amide bonds. The zero-order valence-electron chi connectivity index (χ0n) is 12.5. The fourth-order valence-electron chi connectivity index (χ4n) is 2.09. The molecule has 0 spiro atoms. The first kappa shape index (κ1) is 16.8. The average Bonchev–Trinajstić information content (AvgIpc) is 2.54. The van der Waals surface area contributed by atoms with E-state index in [1.54, 1.807) is 0 Å². The summed E-state index contributed by atoms with van der Waals surface area (Å²) in [7, 11) is 0. The van der Waals surface area contributed by atoms with Crippen molar-refractivity contribution in [2.75, 3.05) is 29.7 Å². The predicted octanol–water partition coefficient (Wildman–Crippen LogP) is 5.69. The molecule has 0 N–H and O–H groups in total. The van der Waals surface area contributed by atoms with Gasteiger partial charge in [-0.15, -0.1) is 23.2 Å². The van der Waals surface area contributed by atoms with E-state index in [0.29, 0.717) is 11.8 Å². The van der Waals surface area contributed by atoms with Gasteiger partial charge in [0, 0.05) is 30.5 Å². The van der Waals surface area contributed by atoms with Crippen LogP contribution in [0, 0.1) is 6.92 Å². The number of hydrogen-bond donors (Lipinski definition) is 0. The number of hydrogen-bond acceptors (Lipinski definition) is 3. The van der Waals surface area contributed by atoms with E-state index in [2.05, 4.69) is 15.1 Å². The minimum absolute atomic E-state index is 0.575. The van der Waals surface area contributed by atoms with E-state index in [1.807, 2.05) is 55.5 Å². The van der Waals surface area contributed by atoms with Crippen LogP contribution in [0.15, 0.2) is 58.8 Å². The van der Waals surface area contributed by atoms with Crippen LogP contribution in [0.25, 0.3) is 0 Å². The van der Waals surface area contributed by atoms with Gasteiger partial charge in [0.05, 0.1) is 11.4 Å². The lowest BCUT2D eigenvalue weighted by Crippen LogP contribution is -2.27. The third-order valence-corrected chi connectivity index (χ3v) is 3.65. The maximum atomic E-state index is 5.83. The van der Waals surface area contributed by atoms with Crippen LogP contribution >= 0.6 is 23.2 Å². The highest BCUT2D eigenvalue weighted by Crippen LogP contribution is 2.24. The molecule has 2 rings (SSSR count). The second-order valence-corrected chi connectivity index (χ2v) is 5.62. The average molecular weight is 336 g/mol. The molecule has 0 aromatic heterocycles. The van der Waals surface area contributed by atoms with Crippen LogP contribution in [0.5, 0.6) is 0 Å². The van der Waals surface area contributed by atoms with Crippen molar-refractivity contribution in [2.45, 2.75) is 6.92 Å². The molecule has 0 saturated heterocycles. The van der Waals surface area contributed by atoms with Gasteiger partial charge in [0.1, 0.15) is 0 Å². The molecule has 0 fully saturated rings. The summed E-state index contributed by atoms with van der Waals surface area (Å²) in [5.74, 6) is 1.15. The van der Waals surface area contributed by atoms with Crippen molar-refractivity contribution in [1.29, 1.82) is 0 Å². The first-order valence-corrected chi connectivity index (χ1v) is 8.26. The number of benzene rings is 2. The van der Waals surface area contributed by atoms with Gasteiger partial charge in [-0.1, -0.05) is 18.2 Å². The van der Waals surface area contributed by atoms with Gasteiger partial charge in [0.25, 0.3) is 0 Å². The molecule has 0 unspecified atom stereocenters. The zero-order valence-corrected chi connectivity index (χ0v) is 14.1. The molecule has 0 radical (unpaired) electrons. The maximum Gasteiger partial charge on any atom is 0.0886 e. The summed E-state index contributed by atoms with van der Waals surface area (Å²) in [5.41, 5.74) is 3.91. The highest BCUT2D eigenvalue weighted by Gasteiger charge is 2.05. The van der Waals surface area contributed by atoms with Gasteiger partial charge >= 0.3 is 0 Å². The number of azo groups is 1. The predicted molar refractivity (Wildman–Crippen MR) is 95.5 cm³/mol. The Morgan fingerprint density at radius 3 is 2.09 bits per heavy atom. The lowest BCUT2D eigenvalue weighted by atomic mass is 10.2. The first-order valence-electron chi connectivity index (χ1n) is 7.19. The smallest absolute Gasteiger partial charge is 0.0886 e. The molecule has 3 nitrogen and oxygen atoms in total. The second-order valence-electron chi connectivity index (χ2n) is 4.87. The van der Waals surface area contributed by atoms with E-state index in [1.165, 1.54) is 0 Å². The summed E-state index contributed by atoms with van der Waals surface area (Å²) in [6.45, 7) is 3.57. The molecule has 0 bridgehead atoms. The Morgan fingerprint density at radius 2 is 1.50 bits per heavy atom. The normalized spacial score (nSPS) is 11.0. The SMILES string of the molecule is Cc1ccccc1N=Nc1ccc(N(CCCl)CCCl)cc1. The van der Waals surface area contributed by atoms with Crippen LogP contribution in [-0.2, 0) is 0 Å². The number of aryl methyl sites for hydroxylation is 1. The van der Waals surface area contributed by atoms with E-state index in [0.717, 1.165) is 35.7 Å². The summed E-state index contributed by atoms with van der Waals surface area (Å²) in [5, 5.41) is 8.58. The molecule has 5 heteroatoms. The van der Waals surface area contributed by atoms with Crippen LogP contribution < -0.4 is 4.90 Å². The summed E-state index contributed by atoms with van der Waals surface area (Å²) in [6, 6.07) is 15.9. The van der Waals surface area contributed by atoms with Gasteiger partial charge in [-0.05, 0) is 42.8 Å². The number of nitrogens with zero attached hydrogens (tertiary/aromatic N) is 3. The largest absolute Gasteiger partial charge is 0.369 e. The lowest BCUT2D eigenvalue weighted by molar-refractivity contribution is 0.874. The fraction of sp³-hybridized carbons (Fsp3) is 0.294. The monoisotopic (exact) mass is 335 g/mol. The van der Waals surface area contributed by atoms with Crippen molar-refractivity contribution in [3.8, 4) is 0 Å². The van der Waals surface area contributed by atoms with E-state index in [4.69, 9.17) is 23.2 Å². The maximum absolute atomic E-state index is 5.83. The van der Waals surface area contributed by atoms with Gasteiger partial charge in [0.15, 0.2) is 0 Å². The summed E-state index contributed by atoms with van der Waals surface area (Å²) < 4.78 is 0. The van der Waals surface area contributed by atoms with Crippen molar-refractivity contribution in [3.05, 3.63) is 54.1 Å². The Bertz CT molecular complexity index is 606. The van der Waals surface area contributed by atoms with Gasteiger partial charge in [-0.2, -0.15) is 10.2 Å². The molecular formula is C17H19Cl2N3. The highest BCUT2D eigenvalue weighted by atomic mass is 35.5.